The van der Waals surface area contributed by atoms with Crippen LogP contribution in [0.15, 0.2) is 138 Å². The number of para-hydroxylation sites is 1. The molecule has 0 N–H and O–H groups in total. The fourth-order valence-electron chi connectivity index (χ4n) is 4.03. The van der Waals surface area contributed by atoms with Gasteiger partial charge in [-0.25, -0.2) is 0 Å². The van der Waals surface area contributed by atoms with E-state index >= 15 is 0 Å². The summed E-state index contributed by atoms with van der Waals surface area (Å²) in [6, 6.07) is 46.9. The zero-order valence-electron chi connectivity index (χ0n) is 17.5. The Bertz CT molecular complexity index is 1310. The highest BCUT2D eigenvalue weighted by molar-refractivity contribution is 9.10. The van der Waals surface area contributed by atoms with Crippen LogP contribution in [0.4, 0.5) is 17.1 Å². The third kappa shape index (κ3) is 4.23. The number of anilines is 3. The Balaban J connectivity index is 1.64. The molecule has 0 atom stereocenters. The lowest BCUT2D eigenvalue weighted by molar-refractivity contribution is 1.28. The Kier molecular flexibility index (Phi) is 5.87. The SMILES string of the molecule is Brc1ccc(N(c2ccccc2)c2cccc(-c3ccccc3-c3ccccc3)c2)cc1. The van der Waals surface area contributed by atoms with Crippen molar-refractivity contribution in [3.63, 3.8) is 0 Å². The van der Waals surface area contributed by atoms with Gasteiger partial charge < -0.3 is 4.90 Å². The van der Waals surface area contributed by atoms with E-state index in [-0.39, 0.29) is 0 Å². The first-order valence-corrected chi connectivity index (χ1v) is 11.4. The highest BCUT2D eigenvalue weighted by atomic mass is 79.9. The molecule has 5 rings (SSSR count). The summed E-state index contributed by atoms with van der Waals surface area (Å²) in [6.07, 6.45) is 0. The summed E-state index contributed by atoms with van der Waals surface area (Å²) in [7, 11) is 0. The summed E-state index contributed by atoms with van der Waals surface area (Å²) in [5.74, 6) is 0. The van der Waals surface area contributed by atoms with Gasteiger partial charge in [-0.05, 0) is 70.8 Å². The zero-order chi connectivity index (χ0) is 21.8. The van der Waals surface area contributed by atoms with Crippen molar-refractivity contribution >= 4 is 33.0 Å². The van der Waals surface area contributed by atoms with E-state index in [2.05, 4.69) is 154 Å². The molecule has 0 spiro atoms. The molecule has 0 saturated carbocycles. The van der Waals surface area contributed by atoms with Crippen molar-refractivity contribution in [3.05, 3.63) is 138 Å². The second-order valence-electron chi connectivity index (χ2n) is 7.61. The molecule has 0 fully saturated rings. The average Bonchev–Trinajstić information content (AvgIpc) is 2.87. The Morgan fingerprint density at radius 2 is 0.906 bits per heavy atom. The quantitative estimate of drug-likeness (QED) is 0.244. The van der Waals surface area contributed by atoms with Gasteiger partial charge in [-0.1, -0.05) is 101 Å². The molecule has 2 heteroatoms. The normalized spacial score (nSPS) is 10.7. The van der Waals surface area contributed by atoms with Crippen molar-refractivity contribution in [2.45, 2.75) is 0 Å². The van der Waals surface area contributed by atoms with Gasteiger partial charge in [0.1, 0.15) is 0 Å². The first kappa shape index (κ1) is 20.3. The van der Waals surface area contributed by atoms with Gasteiger partial charge in [0.05, 0.1) is 0 Å². The van der Waals surface area contributed by atoms with Crippen molar-refractivity contribution in [2.75, 3.05) is 4.90 Å². The van der Waals surface area contributed by atoms with Gasteiger partial charge in [0.2, 0.25) is 0 Å². The molecule has 0 aliphatic carbocycles. The standard InChI is InChI=1S/C30H22BrN/c31-25-18-20-27(21-19-25)32(26-13-5-2-6-14-26)28-15-9-12-24(22-28)30-17-8-7-16-29(30)23-10-3-1-4-11-23/h1-22H. The number of hydrogen-bond donors (Lipinski definition) is 0. The summed E-state index contributed by atoms with van der Waals surface area (Å²) in [5.41, 5.74) is 8.25. The Labute approximate surface area is 197 Å². The van der Waals surface area contributed by atoms with Crippen molar-refractivity contribution in [3.8, 4) is 22.3 Å². The lowest BCUT2D eigenvalue weighted by Gasteiger charge is -2.26. The minimum Gasteiger partial charge on any atom is -0.310 e. The Hall–Kier alpha value is -3.62. The maximum Gasteiger partial charge on any atom is 0.0467 e. The van der Waals surface area contributed by atoms with Gasteiger partial charge in [0, 0.05) is 21.5 Å². The predicted molar refractivity (Wildman–Crippen MR) is 140 cm³/mol. The molecule has 0 bridgehead atoms. The van der Waals surface area contributed by atoms with Gasteiger partial charge in [-0.2, -0.15) is 0 Å². The second-order valence-corrected chi connectivity index (χ2v) is 8.52. The third-order valence-corrected chi connectivity index (χ3v) is 6.06. The van der Waals surface area contributed by atoms with E-state index < -0.39 is 0 Å². The van der Waals surface area contributed by atoms with Crippen LogP contribution in [-0.4, -0.2) is 0 Å². The molecule has 0 unspecified atom stereocenters. The highest BCUT2D eigenvalue weighted by Gasteiger charge is 2.14. The highest BCUT2D eigenvalue weighted by Crippen LogP contribution is 2.38. The molecule has 0 heterocycles. The first-order chi connectivity index (χ1) is 15.8. The van der Waals surface area contributed by atoms with Crippen LogP contribution in [-0.2, 0) is 0 Å². The molecule has 5 aromatic carbocycles. The third-order valence-electron chi connectivity index (χ3n) is 5.53. The molecular weight excluding hydrogens is 454 g/mol. The average molecular weight is 476 g/mol. The van der Waals surface area contributed by atoms with Crippen LogP contribution in [0.5, 0.6) is 0 Å². The van der Waals surface area contributed by atoms with Gasteiger partial charge in [0.15, 0.2) is 0 Å². The van der Waals surface area contributed by atoms with Crippen LogP contribution in [0.1, 0.15) is 0 Å². The zero-order valence-corrected chi connectivity index (χ0v) is 19.1. The van der Waals surface area contributed by atoms with E-state index in [0.29, 0.717) is 0 Å². The van der Waals surface area contributed by atoms with E-state index in [1.165, 1.54) is 22.3 Å². The van der Waals surface area contributed by atoms with E-state index in [1.54, 1.807) is 0 Å². The van der Waals surface area contributed by atoms with E-state index in [4.69, 9.17) is 0 Å². The van der Waals surface area contributed by atoms with Gasteiger partial charge >= 0.3 is 0 Å². The summed E-state index contributed by atoms with van der Waals surface area (Å²) < 4.78 is 1.07. The summed E-state index contributed by atoms with van der Waals surface area (Å²) in [5, 5.41) is 0. The van der Waals surface area contributed by atoms with Crippen LogP contribution < -0.4 is 4.90 Å². The van der Waals surface area contributed by atoms with Crippen LogP contribution >= 0.6 is 15.9 Å². The predicted octanol–water partition coefficient (Wildman–Crippen LogP) is 9.25. The molecule has 0 aliphatic heterocycles. The Morgan fingerprint density at radius 1 is 0.406 bits per heavy atom. The van der Waals surface area contributed by atoms with Gasteiger partial charge in [-0.3, -0.25) is 0 Å². The second kappa shape index (κ2) is 9.25. The summed E-state index contributed by atoms with van der Waals surface area (Å²) >= 11 is 3.56. The number of rotatable bonds is 5. The summed E-state index contributed by atoms with van der Waals surface area (Å²) in [6.45, 7) is 0. The number of benzene rings is 5. The topological polar surface area (TPSA) is 3.24 Å². The van der Waals surface area contributed by atoms with Crippen LogP contribution in [0.25, 0.3) is 22.3 Å². The van der Waals surface area contributed by atoms with Crippen molar-refractivity contribution in [1.29, 1.82) is 0 Å². The van der Waals surface area contributed by atoms with E-state index in [0.717, 1.165) is 21.5 Å². The molecule has 32 heavy (non-hydrogen) atoms. The number of hydrogen-bond acceptors (Lipinski definition) is 1. The lowest BCUT2D eigenvalue weighted by atomic mass is 9.94. The van der Waals surface area contributed by atoms with Gasteiger partial charge in [0.25, 0.3) is 0 Å². The smallest absolute Gasteiger partial charge is 0.0467 e. The van der Waals surface area contributed by atoms with Crippen LogP contribution in [0.3, 0.4) is 0 Å². The van der Waals surface area contributed by atoms with Crippen LogP contribution in [0, 0.1) is 0 Å². The molecular formula is C30H22BrN. The largest absolute Gasteiger partial charge is 0.310 e. The van der Waals surface area contributed by atoms with Crippen molar-refractivity contribution in [2.24, 2.45) is 0 Å². The molecule has 0 radical (unpaired) electrons. The molecule has 154 valence electrons. The first-order valence-electron chi connectivity index (χ1n) is 10.7. The maximum atomic E-state index is 3.56. The molecule has 0 aliphatic rings. The number of halogens is 1. The fraction of sp³-hybridized carbons (Fsp3) is 0. The Morgan fingerprint density at radius 3 is 1.59 bits per heavy atom. The molecule has 0 amide bonds. The maximum absolute atomic E-state index is 3.56. The molecule has 0 aromatic heterocycles. The minimum atomic E-state index is 1.07. The van der Waals surface area contributed by atoms with Crippen molar-refractivity contribution < 1.29 is 0 Å². The van der Waals surface area contributed by atoms with Crippen molar-refractivity contribution in [1.82, 2.24) is 0 Å². The van der Waals surface area contributed by atoms with E-state index in [1.807, 2.05) is 0 Å². The number of nitrogens with zero attached hydrogens (tertiary/aromatic N) is 1. The fourth-order valence-corrected chi connectivity index (χ4v) is 4.30. The lowest BCUT2D eigenvalue weighted by Crippen LogP contribution is -2.09. The molecule has 1 nitrogen and oxygen atoms in total. The molecule has 0 saturated heterocycles. The monoisotopic (exact) mass is 475 g/mol. The van der Waals surface area contributed by atoms with E-state index in [9.17, 15) is 0 Å². The minimum absolute atomic E-state index is 1.07. The van der Waals surface area contributed by atoms with Gasteiger partial charge in [-0.15, -0.1) is 0 Å². The van der Waals surface area contributed by atoms with Crippen LogP contribution in [0.2, 0.25) is 0 Å². The molecule has 5 aromatic rings. The summed E-state index contributed by atoms with van der Waals surface area (Å²) in [4.78, 5) is 2.29.